The van der Waals surface area contributed by atoms with Crippen molar-refractivity contribution < 1.29 is 8.95 Å². The van der Waals surface area contributed by atoms with Crippen molar-refractivity contribution in [1.82, 2.24) is 0 Å². The lowest BCUT2D eigenvalue weighted by Gasteiger charge is -2.30. The molecule has 2 aromatic carbocycles. The molecule has 2 N–H and O–H groups in total. The lowest BCUT2D eigenvalue weighted by atomic mass is 10.00. The topological polar surface area (TPSA) is 55.6 Å². The van der Waals surface area contributed by atoms with E-state index in [1.165, 1.54) is 0 Å². The normalized spacial score (nSPS) is 13.1. The van der Waals surface area contributed by atoms with Crippen LogP contribution in [0, 0.1) is 0 Å². The zero-order valence-electron chi connectivity index (χ0n) is 15.4. The first-order chi connectivity index (χ1) is 13.1. The Morgan fingerprint density at radius 2 is 1.89 bits per heavy atom. The van der Waals surface area contributed by atoms with Crippen molar-refractivity contribution >= 4 is 49.6 Å². The van der Waals surface area contributed by atoms with Gasteiger partial charge in [-0.25, -0.2) is 4.21 Å². The van der Waals surface area contributed by atoms with Gasteiger partial charge in [0.25, 0.3) is 0 Å². The summed E-state index contributed by atoms with van der Waals surface area (Å²) in [6, 6.07) is 15.2. The molecular formula is C20H21BrN2O2S2. The average Bonchev–Trinajstić information content (AvgIpc) is 3.09. The molecule has 4 nitrogen and oxygen atoms in total. The van der Waals surface area contributed by atoms with E-state index >= 15 is 0 Å². The van der Waals surface area contributed by atoms with Gasteiger partial charge in [0.1, 0.15) is 5.75 Å². The number of hydrogen-bond acceptors (Lipinski definition) is 4. The maximum atomic E-state index is 13.2. The Morgan fingerprint density at radius 3 is 2.56 bits per heavy atom. The van der Waals surface area contributed by atoms with Gasteiger partial charge in [0.05, 0.1) is 32.9 Å². The quantitative estimate of drug-likeness (QED) is 0.495. The molecular weight excluding hydrogens is 444 g/mol. The first-order valence-corrected chi connectivity index (χ1v) is 11.3. The predicted octanol–water partition coefficient (Wildman–Crippen LogP) is 5.84. The molecule has 1 aliphatic rings. The van der Waals surface area contributed by atoms with E-state index in [2.05, 4.69) is 15.9 Å². The van der Waals surface area contributed by atoms with Crippen LogP contribution in [-0.2, 0) is 17.5 Å². The molecule has 0 radical (unpaired) electrons. The van der Waals surface area contributed by atoms with Crippen LogP contribution in [0.1, 0.15) is 19.4 Å². The third-order valence-electron chi connectivity index (χ3n) is 4.14. The van der Waals surface area contributed by atoms with E-state index in [-0.39, 0.29) is 0 Å². The number of fused-ring (bicyclic) bond motifs is 3. The first kappa shape index (κ1) is 19.9. The highest BCUT2D eigenvalue weighted by molar-refractivity contribution is 9.11. The summed E-state index contributed by atoms with van der Waals surface area (Å²) in [6.07, 6.45) is 0. The van der Waals surface area contributed by atoms with E-state index in [1.54, 1.807) is 18.4 Å². The van der Waals surface area contributed by atoms with Gasteiger partial charge in [-0.1, -0.05) is 26.0 Å². The second kappa shape index (κ2) is 8.46. The summed E-state index contributed by atoms with van der Waals surface area (Å²) in [6.45, 7) is 4.55. The molecule has 4 rings (SSSR count). The molecule has 1 aliphatic heterocycles. The molecule has 1 aromatic heterocycles. The average molecular weight is 465 g/mol. The van der Waals surface area contributed by atoms with E-state index in [1.807, 2.05) is 66.7 Å². The number of rotatable bonds is 3. The number of nitrogens with zero attached hydrogens (tertiary/aromatic N) is 1. The molecule has 7 heteroatoms. The van der Waals surface area contributed by atoms with E-state index in [9.17, 15) is 4.21 Å². The molecule has 0 fully saturated rings. The molecule has 1 unspecified atom stereocenters. The standard InChI is InChI=1S/C18H15BrN2O2S2.C2H6/c1-23-12-5-7-13(8-6-12)25(22)21-10-11-3-2-4-14(20)17(11)18-15(21)9-16(19)24-18;1-2/h2-9H,10,20H2,1H3;1-2H3. The molecule has 0 saturated heterocycles. The number of nitrogen functional groups attached to an aromatic ring is 1. The lowest BCUT2D eigenvalue weighted by molar-refractivity contribution is 0.414. The molecule has 3 aromatic rings. The largest absolute Gasteiger partial charge is 0.497 e. The van der Waals surface area contributed by atoms with Gasteiger partial charge in [-0.2, -0.15) is 0 Å². The van der Waals surface area contributed by atoms with Crippen LogP contribution in [0.5, 0.6) is 5.75 Å². The second-order valence-corrected chi connectivity index (χ2v) is 9.45. The minimum absolute atomic E-state index is 0.551. The van der Waals surface area contributed by atoms with Crippen molar-refractivity contribution in [2.24, 2.45) is 0 Å². The Labute approximate surface area is 174 Å². The fraction of sp³-hybridized carbons (Fsp3) is 0.200. The van der Waals surface area contributed by atoms with E-state index in [4.69, 9.17) is 10.5 Å². The Kier molecular flexibility index (Phi) is 6.24. The third-order valence-corrected chi connectivity index (χ3v) is 7.18. The third kappa shape index (κ3) is 3.77. The number of anilines is 2. The Bertz CT molecular complexity index is 971. The summed E-state index contributed by atoms with van der Waals surface area (Å²) in [4.78, 5) is 1.79. The Morgan fingerprint density at radius 1 is 1.19 bits per heavy atom. The number of benzene rings is 2. The molecule has 0 spiro atoms. The zero-order chi connectivity index (χ0) is 19.6. The van der Waals surface area contributed by atoms with Crippen molar-refractivity contribution in [2.75, 3.05) is 17.1 Å². The van der Waals surface area contributed by atoms with E-state index in [0.29, 0.717) is 6.54 Å². The van der Waals surface area contributed by atoms with Gasteiger partial charge in [-0.05, 0) is 57.9 Å². The van der Waals surface area contributed by atoms with Gasteiger partial charge in [-0.15, -0.1) is 11.3 Å². The summed E-state index contributed by atoms with van der Waals surface area (Å²) in [5, 5.41) is 0. The van der Waals surface area contributed by atoms with Crippen LogP contribution >= 0.6 is 27.3 Å². The van der Waals surface area contributed by atoms with Crippen LogP contribution in [-0.4, -0.2) is 11.3 Å². The molecule has 0 bridgehead atoms. The number of ether oxygens (including phenoxy) is 1. The number of thiophene rings is 1. The van der Waals surface area contributed by atoms with Crippen molar-refractivity contribution in [2.45, 2.75) is 25.3 Å². The molecule has 0 saturated carbocycles. The first-order valence-electron chi connectivity index (χ1n) is 8.59. The van der Waals surface area contributed by atoms with E-state index < -0.39 is 11.0 Å². The molecule has 2 heterocycles. The lowest BCUT2D eigenvalue weighted by Crippen LogP contribution is -2.28. The van der Waals surface area contributed by atoms with Crippen LogP contribution in [0.4, 0.5) is 11.4 Å². The summed E-state index contributed by atoms with van der Waals surface area (Å²) in [7, 11) is 0.299. The molecule has 27 heavy (non-hydrogen) atoms. The highest BCUT2D eigenvalue weighted by Crippen LogP contribution is 2.49. The maximum Gasteiger partial charge on any atom is 0.153 e. The van der Waals surface area contributed by atoms with Gasteiger partial charge in [0.15, 0.2) is 11.0 Å². The smallest absolute Gasteiger partial charge is 0.153 e. The Balaban J connectivity index is 0.00000102. The fourth-order valence-corrected chi connectivity index (χ4v) is 5.91. The second-order valence-electron chi connectivity index (χ2n) is 5.61. The SMILES string of the molecule is CC.COc1ccc(S(=O)N2Cc3cccc(N)c3-c3sc(Br)cc32)cc1. The summed E-state index contributed by atoms with van der Waals surface area (Å²) in [5.41, 5.74) is 10.0. The van der Waals surface area contributed by atoms with Crippen molar-refractivity contribution in [3.05, 3.63) is 57.9 Å². The Hall–Kier alpha value is -1.83. The minimum atomic E-state index is -1.32. The molecule has 142 valence electrons. The van der Waals surface area contributed by atoms with E-state index in [0.717, 1.165) is 41.8 Å². The number of hydrogen-bond donors (Lipinski definition) is 1. The van der Waals surface area contributed by atoms with Crippen molar-refractivity contribution in [3.8, 4) is 16.2 Å². The van der Waals surface area contributed by atoms with Crippen LogP contribution in [0.15, 0.2) is 57.2 Å². The van der Waals surface area contributed by atoms with Gasteiger partial charge >= 0.3 is 0 Å². The minimum Gasteiger partial charge on any atom is -0.497 e. The van der Waals surface area contributed by atoms with Crippen LogP contribution in [0.3, 0.4) is 0 Å². The van der Waals surface area contributed by atoms with Crippen LogP contribution in [0.25, 0.3) is 10.4 Å². The van der Waals surface area contributed by atoms with Gasteiger partial charge in [0.2, 0.25) is 0 Å². The fourth-order valence-electron chi connectivity index (χ4n) is 2.95. The highest BCUT2D eigenvalue weighted by Gasteiger charge is 2.29. The van der Waals surface area contributed by atoms with Crippen molar-refractivity contribution in [3.63, 3.8) is 0 Å². The summed E-state index contributed by atoms with van der Waals surface area (Å²) >= 11 is 5.17. The molecule has 0 aliphatic carbocycles. The van der Waals surface area contributed by atoms with Crippen molar-refractivity contribution in [1.29, 1.82) is 0 Å². The number of halogens is 1. The van der Waals surface area contributed by atoms with Gasteiger partial charge in [0, 0.05) is 11.3 Å². The summed E-state index contributed by atoms with van der Waals surface area (Å²) < 4.78 is 21.3. The number of methoxy groups -OCH3 is 1. The number of nitrogens with two attached hydrogens (primary N) is 1. The summed E-state index contributed by atoms with van der Waals surface area (Å²) in [5.74, 6) is 0.747. The molecule has 1 atom stereocenters. The van der Waals surface area contributed by atoms with Crippen LogP contribution in [0.2, 0.25) is 0 Å². The van der Waals surface area contributed by atoms with Crippen LogP contribution < -0.4 is 14.8 Å². The highest BCUT2D eigenvalue weighted by atomic mass is 79.9. The predicted molar refractivity (Wildman–Crippen MR) is 119 cm³/mol. The van der Waals surface area contributed by atoms with Gasteiger partial charge < -0.3 is 10.5 Å². The zero-order valence-corrected chi connectivity index (χ0v) is 18.6. The molecule has 0 amide bonds. The monoisotopic (exact) mass is 464 g/mol. The van der Waals surface area contributed by atoms with Gasteiger partial charge in [-0.3, -0.25) is 4.31 Å². The maximum absolute atomic E-state index is 13.2.